The summed E-state index contributed by atoms with van der Waals surface area (Å²) in [5.41, 5.74) is 0.482. The molecule has 21 heavy (non-hydrogen) atoms. The van der Waals surface area contributed by atoms with Gasteiger partial charge in [0.15, 0.2) is 0 Å². The van der Waals surface area contributed by atoms with Crippen molar-refractivity contribution in [1.82, 2.24) is 4.90 Å². The van der Waals surface area contributed by atoms with Crippen LogP contribution >= 0.6 is 0 Å². The van der Waals surface area contributed by atoms with E-state index in [2.05, 4.69) is 4.74 Å². The van der Waals surface area contributed by atoms with Gasteiger partial charge in [-0.2, -0.15) is 8.78 Å². The number of aliphatic carboxylic acids is 2. The molecule has 0 saturated carbocycles. The molecule has 1 aromatic rings. The first-order valence-electron chi connectivity index (χ1n) is 6.02. The van der Waals surface area contributed by atoms with Crippen molar-refractivity contribution in [3.05, 3.63) is 29.8 Å². The van der Waals surface area contributed by atoms with Crippen LogP contribution in [0.25, 0.3) is 0 Å². The van der Waals surface area contributed by atoms with Crippen molar-refractivity contribution in [2.75, 3.05) is 13.1 Å². The minimum Gasteiger partial charge on any atom is -0.480 e. The number of alkyl halides is 2. The Labute approximate surface area is 119 Å². The molecule has 0 aromatic heterocycles. The van der Waals surface area contributed by atoms with Crippen LogP contribution in [0.5, 0.6) is 5.75 Å². The average Bonchev–Trinajstić information content (AvgIpc) is 2.35. The molecule has 0 amide bonds. The number of carboxylic acids is 2. The highest BCUT2D eigenvalue weighted by Crippen LogP contribution is 2.24. The van der Waals surface area contributed by atoms with E-state index in [0.717, 1.165) is 0 Å². The molecular formula is C13H15F2NO5. The average molecular weight is 303 g/mol. The van der Waals surface area contributed by atoms with Crippen molar-refractivity contribution in [1.29, 1.82) is 0 Å². The van der Waals surface area contributed by atoms with Crippen LogP contribution in [-0.2, 0) is 9.59 Å². The molecule has 1 atom stereocenters. The molecule has 116 valence electrons. The third kappa shape index (κ3) is 5.74. The lowest BCUT2D eigenvalue weighted by Crippen LogP contribution is -2.36. The van der Waals surface area contributed by atoms with E-state index >= 15 is 0 Å². The number of carboxylic acid groups (broad SMARTS) is 2. The van der Waals surface area contributed by atoms with Gasteiger partial charge in [0.05, 0.1) is 13.1 Å². The number of carbonyl (C=O) groups is 2. The van der Waals surface area contributed by atoms with Gasteiger partial charge in [0, 0.05) is 6.04 Å². The number of nitrogens with zero attached hydrogens (tertiary/aromatic N) is 1. The molecule has 8 heteroatoms. The van der Waals surface area contributed by atoms with E-state index in [1.165, 1.54) is 23.1 Å². The van der Waals surface area contributed by atoms with Crippen LogP contribution in [0, 0.1) is 0 Å². The zero-order chi connectivity index (χ0) is 16.0. The maximum atomic E-state index is 12.2. The Morgan fingerprint density at radius 3 is 2.29 bits per heavy atom. The van der Waals surface area contributed by atoms with Gasteiger partial charge >= 0.3 is 18.6 Å². The van der Waals surface area contributed by atoms with Crippen molar-refractivity contribution >= 4 is 11.9 Å². The van der Waals surface area contributed by atoms with Crippen molar-refractivity contribution in [2.24, 2.45) is 0 Å². The fourth-order valence-corrected chi connectivity index (χ4v) is 1.84. The minimum absolute atomic E-state index is 0.0695. The first-order chi connectivity index (χ1) is 9.79. The second kappa shape index (κ2) is 7.53. The molecule has 0 bridgehead atoms. The van der Waals surface area contributed by atoms with Gasteiger partial charge in [-0.15, -0.1) is 0 Å². The lowest BCUT2D eigenvalue weighted by atomic mass is 10.1. The summed E-state index contributed by atoms with van der Waals surface area (Å²) in [5, 5.41) is 17.6. The van der Waals surface area contributed by atoms with Crippen LogP contribution in [0.4, 0.5) is 8.78 Å². The maximum Gasteiger partial charge on any atom is 0.387 e. The number of rotatable bonds is 8. The smallest absolute Gasteiger partial charge is 0.387 e. The standard InChI is InChI=1S/C13H15F2NO5/c1-8(16(6-11(17)18)7-12(19)20)9-3-2-4-10(5-9)21-13(14)15/h2-5,8,13H,6-7H2,1H3,(H,17,18)(H,19,20). The zero-order valence-corrected chi connectivity index (χ0v) is 11.2. The molecule has 0 aliphatic carbocycles. The molecule has 2 N–H and O–H groups in total. The Bertz CT molecular complexity index is 493. The SMILES string of the molecule is CC(c1cccc(OC(F)F)c1)N(CC(=O)O)CC(=O)O. The van der Waals surface area contributed by atoms with E-state index in [1.807, 2.05) is 0 Å². The number of ether oxygens (including phenoxy) is 1. The van der Waals surface area contributed by atoms with Gasteiger partial charge < -0.3 is 14.9 Å². The van der Waals surface area contributed by atoms with Crippen molar-refractivity contribution in [2.45, 2.75) is 19.6 Å². The Morgan fingerprint density at radius 1 is 1.24 bits per heavy atom. The summed E-state index contributed by atoms with van der Waals surface area (Å²) in [5.74, 6) is -2.42. The highest BCUT2D eigenvalue weighted by molar-refractivity contribution is 5.72. The predicted molar refractivity (Wildman–Crippen MR) is 68.3 cm³/mol. The summed E-state index contributed by atoms with van der Waals surface area (Å²) in [6, 6.07) is 5.14. The van der Waals surface area contributed by atoms with Crippen LogP contribution < -0.4 is 4.74 Å². The number of hydrogen-bond acceptors (Lipinski definition) is 4. The van der Waals surface area contributed by atoms with Gasteiger partial charge in [-0.3, -0.25) is 14.5 Å². The lowest BCUT2D eigenvalue weighted by Gasteiger charge is -2.26. The third-order valence-electron chi connectivity index (χ3n) is 2.79. The van der Waals surface area contributed by atoms with Crippen molar-refractivity contribution in [3.8, 4) is 5.75 Å². The quantitative estimate of drug-likeness (QED) is 0.761. The summed E-state index contributed by atoms with van der Waals surface area (Å²) in [6.45, 7) is -2.33. The Balaban J connectivity index is 2.93. The summed E-state index contributed by atoms with van der Waals surface area (Å²) >= 11 is 0. The first-order valence-corrected chi connectivity index (χ1v) is 6.02. The van der Waals surface area contributed by atoms with Crippen molar-refractivity contribution in [3.63, 3.8) is 0 Å². The predicted octanol–water partition coefficient (Wildman–Crippen LogP) is 1.82. The molecule has 0 radical (unpaired) electrons. The van der Waals surface area contributed by atoms with Crippen LogP contribution in [-0.4, -0.2) is 46.8 Å². The summed E-state index contributed by atoms with van der Waals surface area (Å²) < 4.78 is 28.6. The monoisotopic (exact) mass is 303 g/mol. The summed E-state index contributed by atoms with van der Waals surface area (Å²) in [6.07, 6.45) is 0. The molecule has 1 unspecified atom stereocenters. The number of halogens is 2. The van der Waals surface area contributed by atoms with Gasteiger partial charge in [-0.1, -0.05) is 12.1 Å². The first kappa shape index (κ1) is 16.8. The fourth-order valence-electron chi connectivity index (χ4n) is 1.84. The molecule has 1 aromatic carbocycles. The van der Waals surface area contributed by atoms with Crippen LogP contribution in [0.3, 0.4) is 0 Å². The second-order valence-corrected chi connectivity index (χ2v) is 4.32. The van der Waals surface area contributed by atoms with Crippen LogP contribution in [0.15, 0.2) is 24.3 Å². The molecule has 0 spiro atoms. The van der Waals surface area contributed by atoms with Crippen LogP contribution in [0.1, 0.15) is 18.5 Å². The summed E-state index contributed by atoms with van der Waals surface area (Å²) in [4.78, 5) is 22.8. The van der Waals surface area contributed by atoms with Gasteiger partial charge in [-0.05, 0) is 24.6 Å². The Morgan fingerprint density at radius 2 is 1.81 bits per heavy atom. The molecule has 0 saturated heterocycles. The summed E-state index contributed by atoms with van der Waals surface area (Å²) in [7, 11) is 0. The minimum atomic E-state index is -2.97. The van der Waals surface area contributed by atoms with E-state index in [0.29, 0.717) is 5.56 Å². The van der Waals surface area contributed by atoms with Gasteiger partial charge in [0.25, 0.3) is 0 Å². The maximum absolute atomic E-state index is 12.2. The number of benzene rings is 1. The Hall–Kier alpha value is -2.22. The Kier molecular flexibility index (Phi) is 6.04. The fraction of sp³-hybridized carbons (Fsp3) is 0.385. The van der Waals surface area contributed by atoms with Crippen molar-refractivity contribution < 1.29 is 33.3 Å². The lowest BCUT2D eigenvalue weighted by molar-refractivity contribution is -0.142. The zero-order valence-electron chi connectivity index (χ0n) is 11.2. The van der Waals surface area contributed by atoms with E-state index in [9.17, 15) is 18.4 Å². The molecule has 0 heterocycles. The highest BCUT2D eigenvalue weighted by Gasteiger charge is 2.21. The normalized spacial score (nSPS) is 12.4. The molecular weight excluding hydrogens is 288 g/mol. The third-order valence-corrected chi connectivity index (χ3v) is 2.79. The highest BCUT2D eigenvalue weighted by atomic mass is 19.3. The molecule has 0 aliphatic rings. The molecule has 6 nitrogen and oxygen atoms in total. The van der Waals surface area contributed by atoms with E-state index in [4.69, 9.17) is 10.2 Å². The largest absolute Gasteiger partial charge is 0.480 e. The van der Waals surface area contributed by atoms with E-state index in [-0.39, 0.29) is 5.75 Å². The molecule has 0 fully saturated rings. The van der Waals surface area contributed by atoms with E-state index < -0.39 is 37.7 Å². The van der Waals surface area contributed by atoms with Gasteiger partial charge in [0.2, 0.25) is 0 Å². The topological polar surface area (TPSA) is 87.1 Å². The molecule has 1 rings (SSSR count). The van der Waals surface area contributed by atoms with Crippen LogP contribution in [0.2, 0.25) is 0 Å². The second-order valence-electron chi connectivity index (χ2n) is 4.32. The molecule has 0 aliphatic heterocycles. The van der Waals surface area contributed by atoms with Gasteiger partial charge in [0.1, 0.15) is 5.75 Å². The number of hydrogen-bond donors (Lipinski definition) is 2. The van der Waals surface area contributed by atoms with E-state index in [1.54, 1.807) is 13.0 Å². The van der Waals surface area contributed by atoms with Gasteiger partial charge in [-0.25, -0.2) is 0 Å².